The van der Waals surface area contributed by atoms with Crippen molar-refractivity contribution in [1.29, 1.82) is 0 Å². The highest BCUT2D eigenvalue weighted by molar-refractivity contribution is 8.14. The van der Waals surface area contributed by atoms with E-state index in [0.29, 0.717) is 10.8 Å². The third-order valence-corrected chi connectivity index (χ3v) is 5.24. The number of thioether (sulfide) groups is 1. The van der Waals surface area contributed by atoms with E-state index in [-0.39, 0.29) is 0 Å². The van der Waals surface area contributed by atoms with Gasteiger partial charge in [0.15, 0.2) is 5.17 Å². The Hall–Kier alpha value is -0.180. The van der Waals surface area contributed by atoms with Crippen molar-refractivity contribution in [2.75, 3.05) is 6.54 Å². The Balaban J connectivity index is 1.86. The van der Waals surface area contributed by atoms with Gasteiger partial charge in [-0.15, -0.1) is 0 Å². The van der Waals surface area contributed by atoms with Crippen LogP contribution in [0.2, 0.25) is 0 Å². The van der Waals surface area contributed by atoms with Gasteiger partial charge in [0.2, 0.25) is 0 Å². The Morgan fingerprint density at radius 3 is 2.56 bits per heavy atom. The largest absolute Gasteiger partial charge is 0.360 e. The lowest BCUT2D eigenvalue weighted by Gasteiger charge is -2.35. The topological polar surface area (TPSA) is 24.4 Å². The molecule has 1 atom stereocenters. The molecule has 1 aliphatic carbocycles. The minimum Gasteiger partial charge on any atom is -0.360 e. The fourth-order valence-corrected chi connectivity index (χ4v) is 3.68. The summed E-state index contributed by atoms with van der Waals surface area (Å²) in [6.45, 7) is 7.94. The van der Waals surface area contributed by atoms with E-state index in [9.17, 15) is 0 Å². The molecule has 0 spiro atoms. The summed E-state index contributed by atoms with van der Waals surface area (Å²) in [4.78, 5) is 4.65. The molecule has 92 valence electrons. The van der Waals surface area contributed by atoms with Crippen molar-refractivity contribution >= 4 is 16.9 Å². The third-order valence-electron chi connectivity index (χ3n) is 3.79. The maximum Gasteiger partial charge on any atom is 0.157 e. The molecule has 1 saturated carbocycles. The number of amidine groups is 1. The van der Waals surface area contributed by atoms with E-state index in [0.717, 1.165) is 12.5 Å². The van der Waals surface area contributed by atoms with Gasteiger partial charge in [-0.05, 0) is 25.7 Å². The molecule has 2 aliphatic rings. The molecule has 0 aromatic carbocycles. The zero-order valence-corrected chi connectivity index (χ0v) is 11.6. The Morgan fingerprint density at radius 2 is 2.00 bits per heavy atom. The van der Waals surface area contributed by atoms with Crippen LogP contribution in [0, 0.1) is 5.92 Å². The first-order valence-electron chi connectivity index (χ1n) is 6.58. The summed E-state index contributed by atoms with van der Waals surface area (Å²) < 4.78 is 0. The number of nitrogens with one attached hydrogen (secondary N) is 1. The van der Waals surface area contributed by atoms with Gasteiger partial charge in [0.25, 0.3) is 0 Å². The van der Waals surface area contributed by atoms with Gasteiger partial charge < -0.3 is 5.32 Å². The SMILES string of the molecule is CC(C)C1CN=C(NC2(C)CCCCC2)S1. The third kappa shape index (κ3) is 2.93. The highest BCUT2D eigenvalue weighted by Gasteiger charge is 2.30. The van der Waals surface area contributed by atoms with Crippen molar-refractivity contribution in [3.8, 4) is 0 Å². The van der Waals surface area contributed by atoms with Crippen LogP contribution in [0.5, 0.6) is 0 Å². The first-order chi connectivity index (χ1) is 7.59. The summed E-state index contributed by atoms with van der Waals surface area (Å²) in [7, 11) is 0. The average Bonchev–Trinajstić information content (AvgIpc) is 2.66. The van der Waals surface area contributed by atoms with Crippen LogP contribution in [0.15, 0.2) is 4.99 Å². The maximum atomic E-state index is 4.65. The minimum atomic E-state index is 0.315. The first kappa shape index (κ1) is 12.3. The number of hydrogen-bond acceptors (Lipinski definition) is 3. The molecule has 1 heterocycles. The van der Waals surface area contributed by atoms with Crippen molar-refractivity contribution in [3.05, 3.63) is 0 Å². The Kier molecular flexibility index (Phi) is 3.83. The van der Waals surface area contributed by atoms with Crippen LogP contribution >= 0.6 is 11.8 Å². The predicted octanol–water partition coefficient (Wildman–Crippen LogP) is 3.43. The standard InChI is InChI=1S/C13H24N2S/c1-10(2)11-9-14-12(16-11)15-13(3)7-5-4-6-8-13/h10-11H,4-9H2,1-3H3,(H,14,15). The van der Waals surface area contributed by atoms with Gasteiger partial charge in [-0.25, -0.2) is 0 Å². The van der Waals surface area contributed by atoms with E-state index in [1.54, 1.807) is 0 Å². The molecule has 16 heavy (non-hydrogen) atoms. The van der Waals surface area contributed by atoms with Crippen LogP contribution in [0.4, 0.5) is 0 Å². The summed E-state index contributed by atoms with van der Waals surface area (Å²) in [5, 5.41) is 5.58. The van der Waals surface area contributed by atoms with E-state index < -0.39 is 0 Å². The van der Waals surface area contributed by atoms with Gasteiger partial charge in [0.05, 0.1) is 6.54 Å². The second-order valence-electron chi connectivity index (χ2n) is 5.79. The zero-order chi connectivity index (χ0) is 11.6. The molecular weight excluding hydrogens is 216 g/mol. The number of aliphatic imine (C=N–C) groups is 1. The van der Waals surface area contributed by atoms with Crippen LogP contribution in [0.25, 0.3) is 0 Å². The van der Waals surface area contributed by atoms with E-state index >= 15 is 0 Å². The van der Waals surface area contributed by atoms with E-state index in [1.165, 1.54) is 37.3 Å². The van der Waals surface area contributed by atoms with Gasteiger partial charge in [-0.1, -0.05) is 44.9 Å². The molecule has 0 amide bonds. The summed E-state index contributed by atoms with van der Waals surface area (Å²) in [5.74, 6) is 0.729. The summed E-state index contributed by atoms with van der Waals surface area (Å²) >= 11 is 1.95. The van der Waals surface area contributed by atoms with E-state index in [4.69, 9.17) is 0 Å². The van der Waals surface area contributed by atoms with Crippen LogP contribution in [-0.2, 0) is 0 Å². The van der Waals surface area contributed by atoms with Gasteiger partial charge in [0, 0.05) is 10.8 Å². The fourth-order valence-electron chi connectivity index (χ4n) is 2.52. The summed E-state index contributed by atoms with van der Waals surface area (Å²) in [5.41, 5.74) is 0.315. The molecule has 2 nitrogen and oxygen atoms in total. The molecular formula is C13H24N2S. The summed E-state index contributed by atoms with van der Waals surface area (Å²) in [6.07, 6.45) is 6.76. The molecule has 1 aliphatic heterocycles. The minimum absolute atomic E-state index is 0.315. The van der Waals surface area contributed by atoms with Crippen LogP contribution in [0.3, 0.4) is 0 Å². The van der Waals surface area contributed by atoms with Crippen LogP contribution < -0.4 is 5.32 Å². The Morgan fingerprint density at radius 1 is 1.31 bits per heavy atom. The molecule has 2 rings (SSSR count). The fraction of sp³-hybridized carbons (Fsp3) is 0.923. The molecule has 0 aromatic heterocycles. The number of nitrogens with zero attached hydrogens (tertiary/aromatic N) is 1. The van der Waals surface area contributed by atoms with Crippen molar-refractivity contribution in [3.63, 3.8) is 0 Å². The number of hydrogen-bond donors (Lipinski definition) is 1. The van der Waals surface area contributed by atoms with Gasteiger partial charge in [0.1, 0.15) is 0 Å². The average molecular weight is 240 g/mol. The normalized spacial score (nSPS) is 29.2. The lowest BCUT2D eigenvalue weighted by Crippen LogP contribution is -2.46. The van der Waals surface area contributed by atoms with E-state index in [2.05, 4.69) is 31.1 Å². The highest BCUT2D eigenvalue weighted by atomic mass is 32.2. The second-order valence-corrected chi connectivity index (χ2v) is 7.02. The lowest BCUT2D eigenvalue weighted by atomic mass is 9.83. The van der Waals surface area contributed by atoms with Gasteiger partial charge >= 0.3 is 0 Å². The molecule has 3 heteroatoms. The molecule has 0 aromatic rings. The van der Waals surface area contributed by atoms with Crippen molar-refractivity contribution in [2.45, 2.75) is 63.7 Å². The highest BCUT2D eigenvalue weighted by Crippen LogP contribution is 2.31. The predicted molar refractivity (Wildman–Crippen MR) is 73.1 cm³/mol. The summed E-state index contributed by atoms with van der Waals surface area (Å²) in [6, 6.07) is 0. The quantitative estimate of drug-likeness (QED) is 0.799. The van der Waals surface area contributed by atoms with Crippen molar-refractivity contribution in [2.24, 2.45) is 10.9 Å². The smallest absolute Gasteiger partial charge is 0.157 e. The lowest BCUT2D eigenvalue weighted by molar-refractivity contribution is 0.292. The molecule has 0 bridgehead atoms. The Labute approximate surface area is 104 Å². The second kappa shape index (κ2) is 4.99. The molecule has 1 unspecified atom stereocenters. The number of rotatable bonds is 2. The van der Waals surface area contributed by atoms with Crippen LogP contribution in [-0.4, -0.2) is 22.5 Å². The molecule has 0 radical (unpaired) electrons. The van der Waals surface area contributed by atoms with Gasteiger partial charge in [-0.3, -0.25) is 4.99 Å². The van der Waals surface area contributed by atoms with Gasteiger partial charge in [-0.2, -0.15) is 0 Å². The zero-order valence-electron chi connectivity index (χ0n) is 10.8. The van der Waals surface area contributed by atoms with Crippen molar-refractivity contribution in [1.82, 2.24) is 5.32 Å². The Bertz CT molecular complexity index is 267. The molecule has 1 fully saturated rings. The maximum absolute atomic E-state index is 4.65. The molecule has 0 saturated heterocycles. The molecule has 1 N–H and O–H groups in total. The first-order valence-corrected chi connectivity index (χ1v) is 7.46. The van der Waals surface area contributed by atoms with E-state index in [1.807, 2.05) is 11.8 Å². The van der Waals surface area contributed by atoms with Crippen LogP contribution in [0.1, 0.15) is 52.9 Å². The van der Waals surface area contributed by atoms with Crippen molar-refractivity contribution < 1.29 is 0 Å². The monoisotopic (exact) mass is 240 g/mol.